The van der Waals surface area contributed by atoms with E-state index in [9.17, 15) is 14.4 Å². The van der Waals surface area contributed by atoms with Gasteiger partial charge in [-0.05, 0) is 18.1 Å². The molecule has 0 spiro atoms. The lowest BCUT2D eigenvalue weighted by molar-refractivity contribution is -0.146. The van der Waals surface area contributed by atoms with E-state index >= 15 is 0 Å². The van der Waals surface area contributed by atoms with E-state index in [0.717, 1.165) is 6.42 Å². The van der Waals surface area contributed by atoms with Crippen molar-refractivity contribution in [2.75, 3.05) is 13.7 Å². The summed E-state index contributed by atoms with van der Waals surface area (Å²) in [5.41, 5.74) is 0.474. The number of ether oxygens (including phenoxy) is 1. The Bertz CT molecular complexity index is 516. The summed E-state index contributed by atoms with van der Waals surface area (Å²) in [5, 5.41) is 5.11. The molecule has 0 radical (unpaired) electrons. The maximum atomic E-state index is 11.9. The SMILES string of the molecule is CC[C@@H](C)[C@@H](NC(=O)CNC(=O)c1ccccc1)C(=O)OC. The Kier molecular flexibility index (Phi) is 7.08. The molecule has 0 heterocycles. The van der Waals surface area contributed by atoms with Crippen LogP contribution in [0.1, 0.15) is 30.6 Å². The third-order valence-electron chi connectivity index (χ3n) is 3.43. The molecule has 1 rings (SSSR count). The highest BCUT2D eigenvalue weighted by atomic mass is 16.5. The number of hydrogen-bond acceptors (Lipinski definition) is 4. The third-order valence-corrected chi connectivity index (χ3v) is 3.43. The van der Waals surface area contributed by atoms with Crippen molar-refractivity contribution in [3.8, 4) is 0 Å². The van der Waals surface area contributed by atoms with Crippen LogP contribution in [0.25, 0.3) is 0 Å². The van der Waals surface area contributed by atoms with Gasteiger partial charge in [-0.25, -0.2) is 4.79 Å². The first kappa shape index (κ1) is 17.7. The summed E-state index contributed by atoms with van der Waals surface area (Å²) in [6.07, 6.45) is 0.719. The molecular weight excluding hydrogens is 284 g/mol. The van der Waals surface area contributed by atoms with Crippen LogP contribution in [0.15, 0.2) is 30.3 Å². The van der Waals surface area contributed by atoms with Crippen molar-refractivity contribution in [2.24, 2.45) is 5.92 Å². The molecule has 0 aliphatic rings. The molecular formula is C16H22N2O4. The van der Waals surface area contributed by atoms with Crippen LogP contribution >= 0.6 is 0 Å². The molecule has 0 saturated heterocycles. The quantitative estimate of drug-likeness (QED) is 0.739. The first-order valence-electron chi connectivity index (χ1n) is 7.20. The third kappa shape index (κ3) is 5.20. The molecule has 1 aromatic rings. The summed E-state index contributed by atoms with van der Waals surface area (Å²) in [7, 11) is 1.28. The summed E-state index contributed by atoms with van der Waals surface area (Å²) >= 11 is 0. The molecule has 6 nitrogen and oxygen atoms in total. The zero-order chi connectivity index (χ0) is 16.5. The van der Waals surface area contributed by atoms with Gasteiger partial charge < -0.3 is 15.4 Å². The largest absolute Gasteiger partial charge is 0.467 e. The Labute approximate surface area is 130 Å². The number of benzene rings is 1. The first-order valence-corrected chi connectivity index (χ1v) is 7.20. The first-order chi connectivity index (χ1) is 10.5. The van der Waals surface area contributed by atoms with Gasteiger partial charge in [-0.2, -0.15) is 0 Å². The van der Waals surface area contributed by atoms with Gasteiger partial charge in [0.1, 0.15) is 6.04 Å². The fourth-order valence-corrected chi connectivity index (χ4v) is 1.87. The van der Waals surface area contributed by atoms with Crippen molar-refractivity contribution >= 4 is 17.8 Å². The van der Waals surface area contributed by atoms with Gasteiger partial charge in [0.15, 0.2) is 0 Å². The Morgan fingerprint density at radius 1 is 1.18 bits per heavy atom. The maximum absolute atomic E-state index is 11.9. The Balaban J connectivity index is 2.54. The van der Waals surface area contributed by atoms with Crippen LogP contribution in [0.3, 0.4) is 0 Å². The Morgan fingerprint density at radius 2 is 1.82 bits per heavy atom. The van der Waals surface area contributed by atoms with Crippen molar-refractivity contribution in [3.05, 3.63) is 35.9 Å². The number of hydrogen-bond donors (Lipinski definition) is 2. The molecule has 0 bridgehead atoms. The lowest BCUT2D eigenvalue weighted by Crippen LogP contribution is -2.49. The smallest absolute Gasteiger partial charge is 0.328 e. The zero-order valence-electron chi connectivity index (χ0n) is 13.1. The lowest BCUT2D eigenvalue weighted by atomic mass is 9.99. The number of carbonyl (C=O) groups excluding carboxylic acids is 3. The van der Waals surface area contributed by atoms with Crippen LogP contribution in [-0.2, 0) is 14.3 Å². The van der Waals surface area contributed by atoms with Gasteiger partial charge in [-0.1, -0.05) is 38.5 Å². The van der Waals surface area contributed by atoms with Gasteiger partial charge >= 0.3 is 5.97 Å². The molecule has 120 valence electrons. The minimum absolute atomic E-state index is 0.0544. The highest BCUT2D eigenvalue weighted by Gasteiger charge is 2.26. The fourth-order valence-electron chi connectivity index (χ4n) is 1.87. The summed E-state index contributed by atoms with van der Waals surface area (Å²) < 4.78 is 4.69. The van der Waals surface area contributed by atoms with Crippen molar-refractivity contribution in [1.82, 2.24) is 10.6 Å². The molecule has 2 N–H and O–H groups in total. The van der Waals surface area contributed by atoms with E-state index in [-0.39, 0.29) is 18.4 Å². The average Bonchev–Trinajstić information content (AvgIpc) is 2.56. The molecule has 0 aliphatic carbocycles. The topological polar surface area (TPSA) is 84.5 Å². The molecule has 0 aromatic heterocycles. The summed E-state index contributed by atoms with van der Waals surface area (Å²) in [5.74, 6) is -1.31. The number of nitrogens with one attached hydrogen (secondary N) is 2. The van der Waals surface area contributed by atoms with Gasteiger partial charge in [0, 0.05) is 5.56 Å². The van der Waals surface area contributed by atoms with Gasteiger partial charge in [-0.15, -0.1) is 0 Å². The van der Waals surface area contributed by atoms with E-state index in [2.05, 4.69) is 10.6 Å². The predicted octanol–water partition coefficient (Wildman–Crippen LogP) is 1.12. The van der Waals surface area contributed by atoms with E-state index in [0.29, 0.717) is 5.56 Å². The minimum atomic E-state index is -0.712. The molecule has 0 fully saturated rings. The average molecular weight is 306 g/mol. The number of carbonyl (C=O) groups is 3. The van der Waals surface area contributed by atoms with E-state index < -0.39 is 17.9 Å². The van der Waals surface area contributed by atoms with E-state index in [1.165, 1.54) is 7.11 Å². The molecule has 0 saturated carbocycles. The van der Waals surface area contributed by atoms with E-state index in [4.69, 9.17) is 4.74 Å². The highest BCUT2D eigenvalue weighted by molar-refractivity contribution is 5.96. The van der Waals surface area contributed by atoms with Crippen LogP contribution in [0.5, 0.6) is 0 Å². The summed E-state index contributed by atoms with van der Waals surface area (Å²) in [4.78, 5) is 35.4. The van der Waals surface area contributed by atoms with E-state index in [1.54, 1.807) is 30.3 Å². The van der Waals surface area contributed by atoms with Gasteiger partial charge in [0.2, 0.25) is 5.91 Å². The monoisotopic (exact) mass is 306 g/mol. The van der Waals surface area contributed by atoms with Crippen LogP contribution < -0.4 is 10.6 Å². The number of rotatable bonds is 7. The molecule has 0 aliphatic heterocycles. The van der Waals surface area contributed by atoms with Crippen LogP contribution in [-0.4, -0.2) is 37.5 Å². The second-order valence-corrected chi connectivity index (χ2v) is 5.00. The maximum Gasteiger partial charge on any atom is 0.328 e. The van der Waals surface area contributed by atoms with Gasteiger partial charge in [-0.3, -0.25) is 9.59 Å². The number of methoxy groups -OCH3 is 1. The molecule has 22 heavy (non-hydrogen) atoms. The number of esters is 1. The van der Waals surface area contributed by atoms with Gasteiger partial charge in [0.25, 0.3) is 5.91 Å². The summed E-state index contributed by atoms with van der Waals surface area (Å²) in [6, 6.07) is 7.89. The van der Waals surface area contributed by atoms with Gasteiger partial charge in [0.05, 0.1) is 13.7 Å². The highest BCUT2D eigenvalue weighted by Crippen LogP contribution is 2.09. The molecule has 6 heteroatoms. The Morgan fingerprint density at radius 3 is 2.36 bits per heavy atom. The standard InChI is InChI=1S/C16H22N2O4/c1-4-11(2)14(16(21)22-3)18-13(19)10-17-15(20)12-8-6-5-7-9-12/h5-9,11,14H,4,10H2,1-3H3,(H,17,20)(H,18,19)/t11-,14-/m1/s1. The summed E-state index contributed by atoms with van der Waals surface area (Å²) in [6.45, 7) is 3.58. The number of amides is 2. The Hall–Kier alpha value is -2.37. The zero-order valence-corrected chi connectivity index (χ0v) is 13.1. The van der Waals surface area contributed by atoms with Crippen LogP contribution in [0.2, 0.25) is 0 Å². The molecule has 0 unspecified atom stereocenters. The van der Waals surface area contributed by atoms with Crippen molar-refractivity contribution < 1.29 is 19.1 Å². The second-order valence-electron chi connectivity index (χ2n) is 5.00. The molecule has 1 aromatic carbocycles. The molecule has 2 amide bonds. The molecule has 2 atom stereocenters. The second kappa shape index (κ2) is 8.81. The van der Waals surface area contributed by atoms with Crippen LogP contribution in [0, 0.1) is 5.92 Å². The van der Waals surface area contributed by atoms with Crippen molar-refractivity contribution in [2.45, 2.75) is 26.3 Å². The minimum Gasteiger partial charge on any atom is -0.467 e. The van der Waals surface area contributed by atoms with Crippen molar-refractivity contribution in [3.63, 3.8) is 0 Å². The van der Waals surface area contributed by atoms with E-state index in [1.807, 2.05) is 13.8 Å². The predicted molar refractivity (Wildman–Crippen MR) is 82.2 cm³/mol. The van der Waals surface area contributed by atoms with Crippen LogP contribution in [0.4, 0.5) is 0 Å². The fraction of sp³-hybridized carbons (Fsp3) is 0.438. The normalized spacial score (nSPS) is 12.9. The van der Waals surface area contributed by atoms with Crippen molar-refractivity contribution in [1.29, 1.82) is 0 Å². The lowest BCUT2D eigenvalue weighted by Gasteiger charge is -2.21.